The summed E-state index contributed by atoms with van der Waals surface area (Å²) >= 11 is 5.95. The Morgan fingerprint density at radius 1 is 1.03 bits per heavy atom. The second-order valence-corrected chi connectivity index (χ2v) is 8.39. The van der Waals surface area contributed by atoms with Crippen molar-refractivity contribution in [1.29, 1.82) is 0 Å². The number of carbonyl (C=O) groups excluding carboxylic acids is 2. The normalized spacial score (nSPS) is 15.7. The Bertz CT molecular complexity index is 1300. The van der Waals surface area contributed by atoms with Crippen LogP contribution in [0.15, 0.2) is 75.5 Å². The first-order chi connectivity index (χ1) is 14.2. The monoisotopic (exact) mass is 443 g/mol. The number of furan rings is 1. The van der Waals surface area contributed by atoms with Gasteiger partial charge in [-0.05, 0) is 60.7 Å². The molecule has 2 heterocycles. The zero-order valence-electron chi connectivity index (χ0n) is 15.2. The maximum absolute atomic E-state index is 12.7. The maximum atomic E-state index is 12.7. The molecule has 1 fully saturated rings. The fraction of sp³-hybridized carbons (Fsp3) is 0. The van der Waals surface area contributed by atoms with E-state index in [4.69, 9.17) is 21.2 Å². The summed E-state index contributed by atoms with van der Waals surface area (Å²) in [7, 11) is -3.79. The number of amides is 2. The topological polar surface area (TPSA) is 123 Å². The van der Waals surface area contributed by atoms with Gasteiger partial charge in [-0.1, -0.05) is 17.7 Å². The summed E-state index contributed by atoms with van der Waals surface area (Å²) < 4.78 is 28.4. The van der Waals surface area contributed by atoms with Crippen molar-refractivity contribution >= 4 is 45.2 Å². The number of rotatable bonds is 4. The number of carbonyl (C=O) groups is 2. The van der Waals surface area contributed by atoms with E-state index in [1.807, 2.05) is 0 Å². The van der Waals surface area contributed by atoms with E-state index < -0.39 is 21.8 Å². The van der Waals surface area contributed by atoms with Gasteiger partial charge >= 0.3 is 0 Å². The van der Waals surface area contributed by atoms with E-state index in [1.165, 1.54) is 18.2 Å². The number of hydrazine groups is 1. The Hall–Kier alpha value is -3.40. The standard InChI is InChI=1S/C20H14ClN3O5S/c21-13-2-1-3-14(10-13)24-20(26)17(19(25)23-24)11-15-6-9-18(29-15)12-4-7-16(8-5-12)30(22,27)28/h1-11H,(H,23,25)(H2,22,27,28)/b17-11+. The number of anilines is 1. The number of hydrogen-bond acceptors (Lipinski definition) is 5. The van der Waals surface area contributed by atoms with Crippen molar-refractivity contribution in [2.75, 3.05) is 5.01 Å². The number of primary sulfonamides is 1. The van der Waals surface area contributed by atoms with Gasteiger partial charge in [0, 0.05) is 10.6 Å². The smallest absolute Gasteiger partial charge is 0.282 e. The van der Waals surface area contributed by atoms with Crippen LogP contribution >= 0.6 is 11.6 Å². The van der Waals surface area contributed by atoms with Crippen LogP contribution in [0.4, 0.5) is 5.69 Å². The van der Waals surface area contributed by atoms with Crippen LogP contribution < -0.4 is 15.6 Å². The summed E-state index contributed by atoms with van der Waals surface area (Å²) in [5.74, 6) is -0.402. The van der Waals surface area contributed by atoms with Gasteiger partial charge in [-0.25, -0.2) is 18.6 Å². The lowest BCUT2D eigenvalue weighted by Gasteiger charge is -2.14. The van der Waals surface area contributed by atoms with Crippen molar-refractivity contribution < 1.29 is 22.4 Å². The summed E-state index contributed by atoms with van der Waals surface area (Å²) in [6.45, 7) is 0. The molecule has 0 unspecified atom stereocenters. The van der Waals surface area contributed by atoms with Crippen molar-refractivity contribution in [3.63, 3.8) is 0 Å². The fourth-order valence-electron chi connectivity index (χ4n) is 2.89. The molecule has 8 nitrogen and oxygen atoms in total. The Morgan fingerprint density at radius 3 is 2.43 bits per heavy atom. The molecule has 0 radical (unpaired) electrons. The molecule has 0 atom stereocenters. The lowest BCUT2D eigenvalue weighted by atomic mass is 10.2. The van der Waals surface area contributed by atoms with Crippen molar-refractivity contribution in [2.24, 2.45) is 5.14 Å². The van der Waals surface area contributed by atoms with E-state index in [1.54, 1.807) is 48.5 Å². The minimum Gasteiger partial charge on any atom is -0.457 e. The molecule has 0 saturated carbocycles. The molecule has 1 aliphatic rings. The minimum absolute atomic E-state index is 0.0190. The average molecular weight is 444 g/mol. The lowest BCUT2D eigenvalue weighted by Crippen LogP contribution is -2.35. The lowest BCUT2D eigenvalue weighted by molar-refractivity contribution is -0.117. The minimum atomic E-state index is -3.79. The highest BCUT2D eigenvalue weighted by molar-refractivity contribution is 7.89. The summed E-state index contributed by atoms with van der Waals surface area (Å²) in [6, 6.07) is 15.6. The number of sulfonamides is 1. The first-order valence-corrected chi connectivity index (χ1v) is 10.5. The molecule has 30 heavy (non-hydrogen) atoms. The molecule has 152 valence electrons. The van der Waals surface area contributed by atoms with Gasteiger partial charge in [-0.15, -0.1) is 0 Å². The number of nitrogens with zero attached hydrogens (tertiary/aromatic N) is 1. The third-order valence-corrected chi connectivity index (χ3v) is 5.50. The van der Waals surface area contributed by atoms with E-state index in [0.717, 1.165) is 5.01 Å². The molecule has 3 aromatic rings. The van der Waals surface area contributed by atoms with Gasteiger partial charge in [-0.3, -0.25) is 15.0 Å². The molecule has 4 rings (SSSR count). The zero-order valence-corrected chi connectivity index (χ0v) is 16.8. The van der Waals surface area contributed by atoms with Crippen LogP contribution in [-0.2, 0) is 19.6 Å². The third kappa shape index (κ3) is 3.86. The Kier molecular flexibility index (Phi) is 4.94. The van der Waals surface area contributed by atoms with Crippen LogP contribution in [0.3, 0.4) is 0 Å². The van der Waals surface area contributed by atoms with Crippen molar-refractivity contribution in [3.05, 3.63) is 77.0 Å². The zero-order chi connectivity index (χ0) is 21.5. The second-order valence-electron chi connectivity index (χ2n) is 6.39. The summed E-state index contributed by atoms with van der Waals surface area (Å²) in [6.07, 6.45) is 1.34. The van der Waals surface area contributed by atoms with Crippen LogP contribution in [-0.4, -0.2) is 20.2 Å². The van der Waals surface area contributed by atoms with Crippen LogP contribution in [0, 0.1) is 0 Å². The number of benzene rings is 2. The van der Waals surface area contributed by atoms with Gasteiger partial charge in [-0.2, -0.15) is 0 Å². The highest BCUT2D eigenvalue weighted by Crippen LogP contribution is 2.27. The first-order valence-electron chi connectivity index (χ1n) is 8.58. The Labute approximate surface area is 176 Å². The van der Waals surface area contributed by atoms with Crippen LogP contribution in [0.1, 0.15) is 5.76 Å². The molecule has 1 aromatic heterocycles. The molecular formula is C20H14ClN3O5S. The average Bonchev–Trinajstić information content (AvgIpc) is 3.28. The van der Waals surface area contributed by atoms with Crippen molar-refractivity contribution in [3.8, 4) is 11.3 Å². The highest BCUT2D eigenvalue weighted by Gasteiger charge is 2.34. The molecular weight excluding hydrogens is 430 g/mol. The van der Waals surface area contributed by atoms with Crippen LogP contribution in [0.5, 0.6) is 0 Å². The molecule has 0 aliphatic carbocycles. The second kappa shape index (κ2) is 7.45. The van der Waals surface area contributed by atoms with E-state index in [0.29, 0.717) is 22.0 Å². The van der Waals surface area contributed by atoms with E-state index in [2.05, 4.69) is 5.43 Å². The molecule has 2 amide bonds. The summed E-state index contributed by atoms with van der Waals surface area (Å²) in [5, 5.41) is 6.62. The molecule has 1 saturated heterocycles. The number of hydrogen-bond donors (Lipinski definition) is 2. The predicted octanol–water partition coefficient (Wildman–Crippen LogP) is 2.71. The SMILES string of the molecule is NS(=O)(=O)c1ccc(-c2ccc(/C=C3\C(=O)NN(c4cccc(Cl)c4)C3=O)o2)cc1. The van der Waals surface area contributed by atoms with E-state index in [-0.39, 0.29) is 16.2 Å². The Balaban J connectivity index is 1.59. The van der Waals surface area contributed by atoms with Crippen molar-refractivity contribution in [1.82, 2.24) is 5.43 Å². The Morgan fingerprint density at radius 2 is 1.77 bits per heavy atom. The largest absolute Gasteiger partial charge is 0.457 e. The number of halogens is 1. The predicted molar refractivity (Wildman–Crippen MR) is 111 cm³/mol. The highest BCUT2D eigenvalue weighted by atomic mass is 35.5. The molecule has 0 bridgehead atoms. The van der Waals surface area contributed by atoms with Crippen molar-refractivity contribution in [2.45, 2.75) is 4.90 Å². The summed E-state index contributed by atoms with van der Waals surface area (Å²) in [4.78, 5) is 24.9. The molecule has 10 heteroatoms. The van der Waals surface area contributed by atoms with E-state index >= 15 is 0 Å². The first kappa shape index (κ1) is 19.9. The van der Waals surface area contributed by atoms with Crippen LogP contribution in [0.2, 0.25) is 5.02 Å². The van der Waals surface area contributed by atoms with Gasteiger partial charge in [0.05, 0.1) is 10.6 Å². The molecule has 0 spiro atoms. The van der Waals surface area contributed by atoms with E-state index in [9.17, 15) is 18.0 Å². The number of nitrogens with one attached hydrogen (secondary N) is 1. The quantitative estimate of drug-likeness (QED) is 0.474. The molecule has 2 aromatic carbocycles. The van der Waals surface area contributed by atoms with Gasteiger partial charge in [0.2, 0.25) is 10.0 Å². The fourth-order valence-corrected chi connectivity index (χ4v) is 3.59. The third-order valence-electron chi connectivity index (χ3n) is 4.34. The van der Waals surface area contributed by atoms with Gasteiger partial charge in [0.15, 0.2) is 0 Å². The number of nitrogens with two attached hydrogens (primary N) is 1. The molecule has 1 aliphatic heterocycles. The summed E-state index contributed by atoms with van der Waals surface area (Å²) in [5.41, 5.74) is 3.42. The van der Waals surface area contributed by atoms with Gasteiger partial charge in [0.25, 0.3) is 11.8 Å². The maximum Gasteiger partial charge on any atom is 0.282 e. The van der Waals surface area contributed by atoms with Gasteiger partial charge < -0.3 is 4.42 Å². The van der Waals surface area contributed by atoms with Gasteiger partial charge in [0.1, 0.15) is 17.1 Å². The molecule has 3 N–H and O–H groups in total. The van der Waals surface area contributed by atoms with Crippen LogP contribution in [0.25, 0.3) is 17.4 Å².